The summed E-state index contributed by atoms with van der Waals surface area (Å²) >= 11 is 0. The fourth-order valence-corrected chi connectivity index (χ4v) is 1.45. The van der Waals surface area contributed by atoms with E-state index in [0.717, 1.165) is 4.90 Å². The van der Waals surface area contributed by atoms with E-state index < -0.39 is 5.54 Å². The molecular formula is C12H20N2O4. The molecule has 18 heavy (non-hydrogen) atoms. The molecule has 1 N–H and O–H groups in total. The normalized spacial score (nSPS) is 10.9. The highest BCUT2D eigenvalue weighted by atomic mass is 16.2. The zero-order valence-corrected chi connectivity index (χ0v) is 11.5. The van der Waals surface area contributed by atoms with Crippen LogP contribution in [0.4, 0.5) is 0 Å². The maximum absolute atomic E-state index is 11.4. The monoisotopic (exact) mass is 256 g/mol. The summed E-state index contributed by atoms with van der Waals surface area (Å²) in [5.41, 5.74) is -1.26. The summed E-state index contributed by atoms with van der Waals surface area (Å²) in [6, 6.07) is 0. The van der Waals surface area contributed by atoms with Gasteiger partial charge in [-0.1, -0.05) is 0 Å². The van der Waals surface area contributed by atoms with Gasteiger partial charge in [0.1, 0.15) is 5.54 Å². The van der Waals surface area contributed by atoms with Gasteiger partial charge in [-0.25, -0.2) is 0 Å². The topological polar surface area (TPSA) is 83.6 Å². The molecule has 6 heteroatoms. The van der Waals surface area contributed by atoms with Crippen molar-refractivity contribution in [1.29, 1.82) is 0 Å². The molecule has 0 aliphatic rings. The third-order valence-corrected chi connectivity index (χ3v) is 2.98. The lowest BCUT2D eigenvalue weighted by Crippen LogP contribution is -2.56. The minimum atomic E-state index is -1.26. The third-order valence-electron chi connectivity index (χ3n) is 2.98. The van der Waals surface area contributed by atoms with Crippen LogP contribution >= 0.6 is 0 Å². The zero-order valence-electron chi connectivity index (χ0n) is 11.5. The van der Waals surface area contributed by atoms with Crippen LogP contribution in [0.1, 0.15) is 34.6 Å². The van der Waals surface area contributed by atoms with Crippen LogP contribution in [0, 0.1) is 0 Å². The van der Waals surface area contributed by atoms with Crippen LogP contribution in [-0.2, 0) is 19.2 Å². The summed E-state index contributed by atoms with van der Waals surface area (Å²) in [6.07, 6.45) is 0. The number of carbonyl (C=O) groups is 4. The van der Waals surface area contributed by atoms with Crippen molar-refractivity contribution in [1.82, 2.24) is 10.2 Å². The van der Waals surface area contributed by atoms with Crippen molar-refractivity contribution in [2.45, 2.75) is 40.2 Å². The summed E-state index contributed by atoms with van der Waals surface area (Å²) < 4.78 is 0. The van der Waals surface area contributed by atoms with Crippen LogP contribution < -0.4 is 5.32 Å². The molecule has 0 aliphatic heterocycles. The van der Waals surface area contributed by atoms with E-state index in [1.54, 1.807) is 0 Å². The smallest absolute Gasteiger partial charge is 0.226 e. The summed E-state index contributed by atoms with van der Waals surface area (Å²) in [6.45, 7) is 7.02. The van der Waals surface area contributed by atoms with Crippen LogP contribution in [0.25, 0.3) is 0 Å². The van der Waals surface area contributed by atoms with Crippen LogP contribution in [-0.4, -0.2) is 46.9 Å². The Hall–Kier alpha value is -1.56. The number of carbonyl (C=O) groups excluding carboxylic acids is 4. The SMILES string of the molecule is CC(=O)N(CCNC(C)(C(C)=O)C(C)=O)C(C)=O. The fraction of sp³-hybridized carbons (Fsp3) is 0.667. The third kappa shape index (κ3) is 4.03. The van der Waals surface area contributed by atoms with Crippen molar-refractivity contribution in [3.63, 3.8) is 0 Å². The molecule has 0 saturated heterocycles. The zero-order chi connectivity index (χ0) is 14.5. The molecular weight excluding hydrogens is 236 g/mol. The Labute approximate surface area is 107 Å². The Morgan fingerprint density at radius 3 is 1.61 bits per heavy atom. The van der Waals surface area contributed by atoms with Gasteiger partial charge in [0.05, 0.1) is 0 Å². The highest BCUT2D eigenvalue weighted by molar-refractivity contribution is 6.09. The first-order valence-electron chi connectivity index (χ1n) is 5.68. The van der Waals surface area contributed by atoms with Gasteiger partial charge in [-0.05, 0) is 20.8 Å². The quantitative estimate of drug-likeness (QED) is 0.671. The van der Waals surface area contributed by atoms with Crippen LogP contribution in [0.3, 0.4) is 0 Å². The van der Waals surface area contributed by atoms with Crippen molar-refractivity contribution in [2.24, 2.45) is 0 Å². The summed E-state index contributed by atoms with van der Waals surface area (Å²) in [4.78, 5) is 46.2. The molecule has 0 saturated carbocycles. The van der Waals surface area contributed by atoms with Gasteiger partial charge >= 0.3 is 0 Å². The number of rotatable bonds is 6. The average molecular weight is 256 g/mol. The van der Waals surface area contributed by atoms with Gasteiger partial charge in [0.25, 0.3) is 0 Å². The predicted octanol–water partition coefficient (Wildman–Crippen LogP) is -0.0923. The molecule has 0 aromatic heterocycles. The molecule has 0 atom stereocenters. The Morgan fingerprint density at radius 2 is 1.33 bits per heavy atom. The summed E-state index contributed by atoms with van der Waals surface area (Å²) in [5, 5.41) is 2.79. The molecule has 0 aliphatic carbocycles. The largest absolute Gasteiger partial charge is 0.297 e. The average Bonchev–Trinajstić information content (AvgIpc) is 2.21. The van der Waals surface area contributed by atoms with Gasteiger partial charge < -0.3 is 0 Å². The molecule has 0 unspecified atom stereocenters. The van der Waals surface area contributed by atoms with Gasteiger partial charge in [-0.15, -0.1) is 0 Å². The second-order valence-corrected chi connectivity index (χ2v) is 4.35. The lowest BCUT2D eigenvalue weighted by Gasteiger charge is -2.26. The molecule has 0 aromatic carbocycles. The number of nitrogens with one attached hydrogen (secondary N) is 1. The number of Topliss-reactive ketones (excluding diaryl/α,β-unsaturated/α-hetero) is 2. The summed E-state index contributed by atoms with van der Waals surface area (Å²) in [5.74, 6) is -1.33. The second kappa shape index (κ2) is 6.39. The van der Waals surface area contributed by atoms with Crippen LogP contribution in [0.2, 0.25) is 0 Å². The van der Waals surface area contributed by atoms with E-state index in [1.807, 2.05) is 0 Å². The van der Waals surface area contributed by atoms with Crippen molar-refractivity contribution >= 4 is 23.4 Å². The van der Waals surface area contributed by atoms with Crippen molar-refractivity contribution < 1.29 is 19.2 Å². The first-order valence-corrected chi connectivity index (χ1v) is 5.68. The van der Waals surface area contributed by atoms with E-state index in [1.165, 1.54) is 34.6 Å². The Balaban J connectivity index is 4.57. The number of ketones is 2. The van der Waals surface area contributed by atoms with Gasteiger partial charge in [0.15, 0.2) is 11.6 Å². The highest BCUT2D eigenvalue weighted by Gasteiger charge is 2.34. The molecule has 0 aromatic rings. The maximum atomic E-state index is 11.4. The molecule has 0 spiro atoms. The molecule has 0 radical (unpaired) electrons. The highest BCUT2D eigenvalue weighted by Crippen LogP contribution is 2.06. The van der Waals surface area contributed by atoms with E-state index >= 15 is 0 Å². The maximum Gasteiger partial charge on any atom is 0.226 e. The van der Waals surface area contributed by atoms with Crippen LogP contribution in [0.5, 0.6) is 0 Å². The van der Waals surface area contributed by atoms with E-state index in [0.29, 0.717) is 0 Å². The number of amides is 2. The standard InChI is InChI=1S/C12H20N2O4/c1-8(15)12(5,9(2)16)13-6-7-14(10(3)17)11(4)18/h13H,6-7H2,1-5H3. The van der Waals surface area contributed by atoms with E-state index in [9.17, 15) is 19.2 Å². The van der Waals surface area contributed by atoms with E-state index in [2.05, 4.69) is 5.32 Å². The van der Waals surface area contributed by atoms with Crippen molar-refractivity contribution in [3.8, 4) is 0 Å². The first kappa shape index (κ1) is 16.4. The molecule has 2 amide bonds. The molecule has 0 rings (SSSR count). The predicted molar refractivity (Wildman–Crippen MR) is 65.8 cm³/mol. The molecule has 6 nitrogen and oxygen atoms in total. The van der Waals surface area contributed by atoms with Crippen LogP contribution in [0.15, 0.2) is 0 Å². The Kier molecular flexibility index (Phi) is 5.84. The first-order chi connectivity index (χ1) is 8.12. The van der Waals surface area contributed by atoms with E-state index in [-0.39, 0.29) is 36.5 Å². The van der Waals surface area contributed by atoms with Gasteiger partial charge in [-0.2, -0.15) is 0 Å². The fourth-order valence-electron chi connectivity index (χ4n) is 1.45. The van der Waals surface area contributed by atoms with Gasteiger partial charge in [0.2, 0.25) is 11.8 Å². The number of hydrogen-bond acceptors (Lipinski definition) is 5. The number of hydrogen-bond donors (Lipinski definition) is 1. The van der Waals surface area contributed by atoms with Gasteiger partial charge in [0, 0.05) is 26.9 Å². The van der Waals surface area contributed by atoms with Crippen molar-refractivity contribution in [2.75, 3.05) is 13.1 Å². The van der Waals surface area contributed by atoms with E-state index in [4.69, 9.17) is 0 Å². The Morgan fingerprint density at radius 1 is 0.944 bits per heavy atom. The van der Waals surface area contributed by atoms with Crippen molar-refractivity contribution in [3.05, 3.63) is 0 Å². The Bertz CT molecular complexity index is 348. The lowest BCUT2D eigenvalue weighted by atomic mass is 9.93. The molecule has 0 bridgehead atoms. The number of imide groups is 1. The minimum Gasteiger partial charge on any atom is -0.297 e. The summed E-state index contributed by atoms with van der Waals surface area (Å²) in [7, 11) is 0. The molecule has 102 valence electrons. The second-order valence-electron chi connectivity index (χ2n) is 4.35. The van der Waals surface area contributed by atoms with Gasteiger partial charge in [-0.3, -0.25) is 29.4 Å². The molecule has 0 fully saturated rings. The molecule has 0 heterocycles. The number of nitrogens with zero attached hydrogens (tertiary/aromatic N) is 1. The minimum absolute atomic E-state index is 0.126. The lowest BCUT2D eigenvalue weighted by molar-refractivity contribution is -0.141.